The largest absolute Gasteiger partial charge is 0.493 e. The van der Waals surface area contributed by atoms with Gasteiger partial charge in [0, 0.05) is 17.7 Å². The smallest absolute Gasteiger partial charge is 0.165 e. The van der Waals surface area contributed by atoms with Crippen molar-refractivity contribution in [1.82, 2.24) is 5.32 Å². The molecule has 0 aliphatic rings. The first-order valence-corrected chi connectivity index (χ1v) is 8.35. The minimum absolute atomic E-state index is 0.602. The average molecular weight is 358 g/mol. The number of benzene rings is 2. The van der Waals surface area contributed by atoms with E-state index in [4.69, 9.17) is 25.5 Å². The molecule has 0 aliphatic heterocycles. The lowest BCUT2D eigenvalue weighted by molar-refractivity contribution is 0.350. The van der Waals surface area contributed by atoms with Crippen molar-refractivity contribution in [1.29, 1.82) is 0 Å². The molecule has 0 spiro atoms. The highest BCUT2D eigenvalue weighted by atomic mass is 35.5. The lowest BCUT2D eigenvalue weighted by atomic mass is 10.2. The molecule has 0 saturated carbocycles. The first-order valence-electron chi connectivity index (χ1n) is 7.97. The fourth-order valence-electron chi connectivity index (χ4n) is 2.69. The van der Waals surface area contributed by atoms with Gasteiger partial charge in [0.25, 0.3) is 0 Å². The molecule has 4 nitrogen and oxygen atoms in total. The van der Waals surface area contributed by atoms with E-state index >= 15 is 0 Å². The molecular formula is C20H20ClNO3. The van der Waals surface area contributed by atoms with E-state index in [2.05, 4.69) is 5.32 Å². The van der Waals surface area contributed by atoms with Gasteiger partial charge in [-0.3, -0.25) is 0 Å². The Morgan fingerprint density at radius 1 is 0.920 bits per heavy atom. The van der Waals surface area contributed by atoms with Crippen LogP contribution in [0.2, 0.25) is 5.02 Å². The number of rotatable bonds is 7. The Hall–Kier alpha value is -2.43. The number of furan rings is 1. The van der Waals surface area contributed by atoms with Gasteiger partial charge in [0.15, 0.2) is 11.5 Å². The van der Waals surface area contributed by atoms with Crippen molar-refractivity contribution >= 4 is 11.6 Å². The van der Waals surface area contributed by atoms with E-state index in [-0.39, 0.29) is 0 Å². The molecule has 0 unspecified atom stereocenters. The molecule has 0 amide bonds. The topological polar surface area (TPSA) is 43.6 Å². The van der Waals surface area contributed by atoms with Gasteiger partial charge in [-0.1, -0.05) is 35.9 Å². The maximum atomic E-state index is 6.21. The second-order valence-electron chi connectivity index (χ2n) is 5.50. The summed E-state index contributed by atoms with van der Waals surface area (Å²) >= 11 is 6.21. The Balaban J connectivity index is 1.65. The fourth-order valence-corrected chi connectivity index (χ4v) is 2.92. The lowest BCUT2D eigenvalue weighted by Gasteiger charge is -2.12. The van der Waals surface area contributed by atoms with Crippen LogP contribution in [-0.4, -0.2) is 14.2 Å². The number of ether oxygens (including phenoxy) is 2. The van der Waals surface area contributed by atoms with Crippen molar-refractivity contribution in [2.75, 3.05) is 14.2 Å². The third-order valence-corrected chi connectivity index (χ3v) is 4.23. The minimum Gasteiger partial charge on any atom is -0.493 e. The molecule has 0 saturated heterocycles. The predicted octanol–water partition coefficient (Wildman–Crippen LogP) is 4.91. The molecule has 25 heavy (non-hydrogen) atoms. The van der Waals surface area contributed by atoms with Crippen LogP contribution in [0.15, 0.2) is 59.0 Å². The summed E-state index contributed by atoms with van der Waals surface area (Å²) in [6.07, 6.45) is 0. The van der Waals surface area contributed by atoms with Crippen LogP contribution < -0.4 is 14.8 Å². The van der Waals surface area contributed by atoms with Gasteiger partial charge in [-0.25, -0.2) is 0 Å². The highest BCUT2D eigenvalue weighted by Gasteiger charge is 2.10. The summed E-state index contributed by atoms with van der Waals surface area (Å²) in [6, 6.07) is 17.4. The monoisotopic (exact) mass is 357 g/mol. The molecule has 0 aliphatic carbocycles. The Morgan fingerprint density at radius 2 is 1.76 bits per heavy atom. The second kappa shape index (κ2) is 8.10. The molecule has 3 rings (SSSR count). The van der Waals surface area contributed by atoms with Crippen LogP contribution in [0.25, 0.3) is 11.3 Å². The maximum absolute atomic E-state index is 6.21. The third kappa shape index (κ3) is 3.98. The Bertz CT molecular complexity index is 844. The first kappa shape index (κ1) is 17.4. The summed E-state index contributed by atoms with van der Waals surface area (Å²) in [6.45, 7) is 1.24. The van der Waals surface area contributed by atoms with Gasteiger partial charge in [0.2, 0.25) is 0 Å². The van der Waals surface area contributed by atoms with Crippen LogP contribution in [0.5, 0.6) is 11.5 Å². The van der Waals surface area contributed by atoms with Crippen molar-refractivity contribution in [3.63, 3.8) is 0 Å². The first-order chi connectivity index (χ1) is 12.2. The zero-order valence-corrected chi connectivity index (χ0v) is 15.0. The van der Waals surface area contributed by atoms with Crippen LogP contribution in [0.3, 0.4) is 0 Å². The van der Waals surface area contributed by atoms with Gasteiger partial charge < -0.3 is 19.2 Å². The van der Waals surface area contributed by atoms with Gasteiger partial charge >= 0.3 is 0 Å². The number of nitrogens with one attached hydrogen (secondary N) is 1. The Labute approximate surface area is 152 Å². The molecule has 2 aromatic carbocycles. The summed E-state index contributed by atoms with van der Waals surface area (Å²) in [5.41, 5.74) is 1.92. The molecule has 0 radical (unpaired) electrons. The van der Waals surface area contributed by atoms with Crippen LogP contribution in [-0.2, 0) is 13.1 Å². The minimum atomic E-state index is 0.602. The standard InChI is InChI=1S/C20H20ClNO3/c1-23-19-9-5-6-14(20(19)24-2)12-22-13-15-10-11-18(25-15)16-7-3-4-8-17(16)21/h3-11,22H,12-13H2,1-2H3. The normalized spacial score (nSPS) is 10.7. The molecule has 1 heterocycles. The highest BCUT2D eigenvalue weighted by molar-refractivity contribution is 6.33. The van der Waals surface area contributed by atoms with Gasteiger partial charge in [0.1, 0.15) is 11.5 Å². The summed E-state index contributed by atoms with van der Waals surface area (Å²) in [4.78, 5) is 0. The molecule has 130 valence electrons. The molecule has 3 aromatic rings. The Morgan fingerprint density at radius 3 is 2.52 bits per heavy atom. The van der Waals surface area contributed by atoms with Gasteiger partial charge in [0.05, 0.1) is 25.8 Å². The summed E-state index contributed by atoms with van der Waals surface area (Å²) in [5, 5.41) is 4.04. The van der Waals surface area contributed by atoms with Gasteiger partial charge in [-0.05, 0) is 30.3 Å². The van der Waals surface area contributed by atoms with E-state index in [9.17, 15) is 0 Å². The van der Waals surface area contributed by atoms with E-state index in [1.54, 1.807) is 14.2 Å². The van der Waals surface area contributed by atoms with Crippen molar-refractivity contribution in [2.24, 2.45) is 0 Å². The van der Waals surface area contributed by atoms with Gasteiger partial charge in [-0.2, -0.15) is 0 Å². The maximum Gasteiger partial charge on any atom is 0.165 e. The zero-order chi connectivity index (χ0) is 17.6. The quantitative estimate of drug-likeness (QED) is 0.652. The summed E-state index contributed by atoms with van der Waals surface area (Å²) < 4.78 is 16.7. The van der Waals surface area contributed by atoms with Crippen LogP contribution in [0.1, 0.15) is 11.3 Å². The van der Waals surface area contributed by atoms with E-state index < -0.39 is 0 Å². The molecule has 1 aromatic heterocycles. The van der Waals surface area contributed by atoms with E-state index in [1.165, 1.54) is 0 Å². The fraction of sp³-hybridized carbons (Fsp3) is 0.200. The van der Waals surface area contributed by atoms with Crippen molar-refractivity contribution in [3.8, 4) is 22.8 Å². The number of halogens is 1. The van der Waals surface area contributed by atoms with E-state index in [0.717, 1.165) is 34.1 Å². The molecule has 0 atom stereocenters. The van der Waals surface area contributed by atoms with Crippen LogP contribution in [0, 0.1) is 0 Å². The number of hydrogen-bond acceptors (Lipinski definition) is 4. The number of methoxy groups -OCH3 is 2. The lowest BCUT2D eigenvalue weighted by Crippen LogP contribution is -2.13. The van der Waals surface area contributed by atoms with E-state index in [1.807, 2.05) is 54.6 Å². The predicted molar refractivity (Wildman–Crippen MR) is 99.2 cm³/mol. The molecule has 0 fully saturated rings. The van der Waals surface area contributed by atoms with Crippen molar-refractivity contribution in [2.45, 2.75) is 13.1 Å². The summed E-state index contributed by atoms with van der Waals surface area (Å²) in [5.74, 6) is 3.08. The molecule has 5 heteroatoms. The van der Waals surface area contributed by atoms with Crippen LogP contribution in [0.4, 0.5) is 0 Å². The van der Waals surface area contributed by atoms with Crippen molar-refractivity contribution < 1.29 is 13.9 Å². The second-order valence-corrected chi connectivity index (χ2v) is 5.91. The SMILES string of the molecule is COc1cccc(CNCc2ccc(-c3ccccc3Cl)o2)c1OC. The third-order valence-electron chi connectivity index (χ3n) is 3.90. The average Bonchev–Trinajstić information content (AvgIpc) is 3.10. The number of para-hydroxylation sites is 1. The number of hydrogen-bond donors (Lipinski definition) is 1. The zero-order valence-electron chi connectivity index (χ0n) is 14.2. The Kier molecular flexibility index (Phi) is 5.64. The molecular weight excluding hydrogens is 338 g/mol. The molecule has 0 bridgehead atoms. The van der Waals surface area contributed by atoms with E-state index in [0.29, 0.717) is 18.1 Å². The molecule has 1 N–H and O–H groups in total. The van der Waals surface area contributed by atoms with Crippen LogP contribution >= 0.6 is 11.6 Å². The highest BCUT2D eigenvalue weighted by Crippen LogP contribution is 2.31. The van der Waals surface area contributed by atoms with Crippen molar-refractivity contribution in [3.05, 3.63) is 70.9 Å². The summed E-state index contributed by atoms with van der Waals surface area (Å²) in [7, 11) is 3.28. The van der Waals surface area contributed by atoms with Gasteiger partial charge in [-0.15, -0.1) is 0 Å².